The summed E-state index contributed by atoms with van der Waals surface area (Å²) >= 11 is 13.2. The minimum Gasteiger partial charge on any atom is -0.490 e. The van der Waals surface area contributed by atoms with Gasteiger partial charge in [0.25, 0.3) is 11.8 Å². The Hall–Kier alpha value is -3.33. The molecule has 0 aliphatic carbocycles. The van der Waals surface area contributed by atoms with Crippen LogP contribution in [0.15, 0.2) is 65.6 Å². The van der Waals surface area contributed by atoms with Crippen LogP contribution in [-0.4, -0.2) is 29.3 Å². The molecule has 1 N–H and O–H groups in total. The zero-order valence-electron chi connectivity index (χ0n) is 20.5. The Kier molecular flexibility index (Phi) is 8.53. The Balaban J connectivity index is 1.51. The molecular weight excluding hydrogens is 528 g/mol. The first-order chi connectivity index (χ1) is 17.7. The highest BCUT2D eigenvalue weighted by Crippen LogP contribution is 2.40. The lowest BCUT2D eigenvalue weighted by molar-refractivity contribution is -0.118. The molecule has 2 amide bonds. The number of anilines is 2. The van der Waals surface area contributed by atoms with E-state index in [1.807, 2.05) is 69.3 Å². The van der Waals surface area contributed by atoms with Gasteiger partial charge in [-0.2, -0.15) is 0 Å². The van der Waals surface area contributed by atoms with Crippen LogP contribution in [-0.2, 0) is 9.59 Å². The number of carbonyl (C=O) groups is 2. The number of nitrogens with zero attached hydrogens (tertiary/aromatic N) is 1. The normalized spacial score (nSPS) is 14.3. The molecule has 3 aromatic rings. The number of nitrogens with one attached hydrogen (secondary N) is 1. The molecule has 0 saturated carbocycles. The van der Waals surface area contributed by atoms with Gasteiger partial charge in [0.1, 0.15) is 0 Å². The first kappa shape index (κ1) is 26.7. The topological polar surface area (TPSA) is 67.9 Å². The van der Waals surface area contributed by atoms with Crippen molar-refractivity contribution < 1.29 is 19.1 Å². The molecule has 0 bridgehead atoms. The Morgan fingerprint density at radius 1 is 1.05 bits per heavy atom. The van der Waals surface area contributed by atoms with Gasteiger partial charge in [0.2, 0.25) is 0 Å². The van der Waals surface area contributed by atoms with E-state index in [1.54, 1.807) is 18.2 Å². The number of hydrogen-bond donors (Lipinski definition) is 1. The highest BCUT2D eigenvalue weighted by atomic mass is 35.5. The Bertz CT molecular complexity index is 1370. The molecule has 1 heterocycles. The van der Waals surface area contributed by atoms with Gasteiger partial charge in [-0.3, -0.25) is 14.5 Å². The van der Waals surface area contributed by atoms with Crippen LogP contribution >= 0.6 is 35.6 Å². The van der Waals surface area contributed by atoms with Crippen LogP contribution in [0.2, 0.25) is 5.02 Å². The van der Waals surface area contributed by atoms with Gasteiger partial charge in [-0.05, 0) is 68.8 Å². The third kappa shape index (κ3) is 6.52. The molecular formula is C28H25ClN2O4S2. The average molecular weight is 553 g/mol. The summed E-state index contributed by atoms with van der Waals surface area (Å²) in [5, 5.41) is 3.04. The van der Waals surface area contributed by atoms with Crippen LogP contribution in [0.25, 0.3) is 6.08 Å². The van der Waals surface area contributed by atoms with Gasteiger partial charge < -0.3 is 14.8 Å². The predicted molar refractivity (Wildman–Crippen MR) is 155 cm³/mol. The fraction of sp³-hybridized carbons (Fsp3) is 0.179. The predicted octanol–water partition coefficient (Wildman–Crippen LogP) is 6.78. The van der Waals surface area contributed by atoms with E-state index in [1.165, 1.54) is 16.7 Å². The smallest absolute Gasteiger partial charge is 0.270 e. The van der Waals surface area contributed by atoms with Crippen molar-refractivity contribution in [3.8, 4) is 11.5 Å². The number of halogens is 1. The molecule has 190 valence electrons. The molecule has 37 heavy (non-hydrogen) atoms. The van der Waals surface area contributed by atoms with Crippen molar-refractivity contribution >= 4 is 69.2 Å². The van der Waals surface area contributed by atoms with Crippen molar-refractivity contribution in [2.75, 3.05) is 23.4 Å². The molecule has 1 fully saturated rings. The first-order valence-electron chi connectivity index (χ1n) is 11.6. The summed E-state index contributed by atoms with van der Waals surface area (Å²) in [7, 11) is 0. The third-order valence-electron chi connectivity index (χ3n) is 5.40. The molecule has 0 atom stereocenters. The molecule has 1 aliphatic heterocycles. The number of benzene rings is 3. The van der Waals surface area contributed by atoms with Crippen molar-refractivity contribution in [1.29, 1.82) is 0 Å². The average Bonchev–Trinajstić information content (AvgIpc) is 3.13. The van der Waals surface area contributed by atoms with Gasteiger partial charge in [0.15, 0.2) is 22.4 Å². The molecule has 9 heteroatoms. The molecule has 0 spiro atoms. The standard InChI is InChI=1S/C28H25ClN2O4S2/c1-4-34-23-14-19(15-24-27(33)31(28(36)37-24)21-11-7-18(3)8-12-21)13-22(29)26(23)35-16-25(32)30-20-9-5-17(2)6-10-20/h5-15H,4,16H2,1-3H3,(H,30,32)/b24-15-. The quantitative estimate of drug-likeness (QED) is 0.245. The van der Waals surface area contributed by atoms with E-state index in [-0.39, 0.29) is 29.2 Å². The van der Waals surface area contributed by atoms with E-state index in [0.717, 1.165) is 16.8 Å². The summed E-state index contributed by atoms with van der Waals surface area (Å²) in [6.45, 7) is 5.91. The van der Waals surface area contributed by atoms with Gasteiger partial charge >= 0.3 is 0 Å². The monoisotopic (exact) mass is 552 g/mol. The maximum Gasteiger partial charge on any atom is 0.270 e. The van der Waals surface area contributed by atoms with Gasteiger partial charge in [-0.1, -0.05) is 71.0 Å². The van der Waals surface area contributed by atoms with Crippen LogP contribution in [0.5, 0.6) is 11.5 Å². The van der Waals surface area contributed by atoms with Crippen LogP contribution in [0.1, 0.15) is 23.6 Å². The summed E-state index contributed by atoms with van der Waals surface area (Å²) in [6.07, 6.45) is 1.72. The van der Waals surface area contributed by atoms with Crippen molar-refractivity contribution in [2.45, 2.75) is 20.8 Å². The highest BCUT2D eigenvalue weighted by Gasteiger charge is 2.33. The molecule has 0 radical (unpaired) electrons. The number of ether oxygens (including phenoxy) is 2. The zero-order valence-corrected chi connectivity index (χ0v) is 22.9. The molecule has 4 rings (SSSR count). The second kappa shape index (κ2) is 11.8. The summed E-state index contributed by atoms with van der Waals surface area (Å²) in [5.74, 6) is 0.0950. The molecule has 0 aromatic heterocycles. The number of rotatable bonds is 8. The summed E-state index contributed by atoms with van der Waals surface area (Å²) in [6, 6.07) is 18.5. The van der Waals surface area contributed by atoms with Gasteiger partial charge in [0.05, 0.1) is 22.2 Å². The lowest BCUT2D eigenvalue weighted by atomic mass is 10.1. The fourth-order valence-electron chi connectivity index (χ4n) is 3.58. The van der Waals surface area contributed by atoms with Crippen LogP contribution < -0.4 is 19.7 Å². The van der Waals surface area contributed by atoms with E-state index in [0.29, 0.717) is 32.8 Å². The lowest BCUT2D eigenvalue weighted by Gasteiger charge is -2.15. The number of carbonyl (C=O) groups excluding carboxylic acids is 2. The highest BCUT2D eigenvalue weighted by molar-refractivity contribution is 8.27. The molecule has 1 aliphatic rings. The second-order valence-corrected chi connectivity index (χ2v) is 10.4. The first-order valence-corrected chi connectivity index (χ1v) is 13.2. The van der Waals surface area contributed by atoms with Crippen LogP contribution in [0, 0.1) is 13.8 Å². The van der Waals surface area contributed by atoms with Gasteiger partial charge in [-0.15, -0.1) is 0 Å². The van der Waals surface area contributed by atoms with E-state index in [4.69, 9.17) is 33.3 Å². The lowest BCUT2D eigenvalue weighted by Crippen LogP contribution is -2.27. The van der Waals surface area contributed by atoms with E-state index < -0.39 is 0 Å². The molecule has 6 nitrogen and oxygen atoms in total. The largest absolute Gasteiger partial charge is 0.490 e. The second-order valence-electron chi connectivity index (χ2n) is 8.32. The van der Waals surface area contributed by atoms with E-state index in [9.17, 15) is 9.59 Å². The number of aryl methyl sites for hydroxylation is 2. The Morgan fingerprint density at radius 2 is 1.70 bits per heavy atom. The number of thiocarbonyl (C=S) groups is 1. The van der Waals surface area contributed by atoms with Crippen LogP contribution in [0.4, 0.5) is 11.4 Å². The minimum absolute atomic E-state index is 0.207. The van der Waals surface area contributed by atoms with Crippen molar-refractivity contribution in [3.05, 3.63) is 87.3 Å². The number of thioether (sulfide) groups is 1. The van der Waals surface area contributed by atoms with Crippen molar-refractivity contribution in [3.63, 3.8) is 0 Å². The SMILES string of the molecule is CCOc1cc(/C=C2\SC(=S)N(c3ccc(C)cc3)C2=O)cc(Cl)c1OCC(=O)Nc1ccc(C)cc1. The van der Waals surface area contributed by atoms with Crippen molar-refractivity contribution in [2.24, 2.45) is 0 Å². The maximum absolute atomic E-state index is 13.1. The summed E-state index contributed by atoms with van der Waals surface area (Å²) in [4.78, 5) is 27.5. The van der Waals surface area contributed by atoms with Crippen molar-refractivity contribution in [1.82, 2.24) is 0 Å². The maximum atomic E-state index is 13.1. The van der Waals surface area contributed by atoms with Gasteiger partial charge in [0, 0.05) is 5.69 Å². The Labute approximate surface area is 230 Å². The summed E-state index contributed by atoms with van der Waals surface area (Å²) < 4.78 is 11.9. The number of hydrogen-bond acceptors (Lipinski definition) is 6. The zero-order chi connectivity index (χ0) is 26.5. The third-order valence-corrected chi connectivity index (χ3v) is 6.98. The van der Waals surface area contributed by atoms with E-state index in [2.05, 4.69) is 5.32 Å². The fourth-order valence-corrected chi connectivity index (χ4v) is 5.15. The molecule has 0 unspecified atom stereocenters. The van der Waals surface area contributed by atoms with E-state index >= 15 is 0 Å². The number of amides is 2. The summed E-state index contributed by atoms with van der Waals surface area (Å²) in [5.41, 5.74) is 4.23. The Morgan fingerprint density at radius 3 is 2.35 bits per heavy atom. The minimum atomic E-state index is -0.328. The molecule has 3 aromatic carbocycles. The van der Waals surface area contributed by atoms with Crippen LogP contribution in [0.3, 0.4) is 0 Å². The molecule has 1 saturated heterocycles. The van der Waals surface area contributed by atoms with Gasteiger partial charge in [-0.25, -0.2) is 0 Å².